The minimum atomic E-state index is 0.685. The topological polar surface area (TPSA) is 52.5 Å². The van der Waals surface area contributed by atoms with E-state index < -0.39 is 0 Å². The van der Waals surface area contributed by atoms with Crippen molar-refractivity contribution >= 4 is 10.9 Å². The first-order chi connectivity index (χ1) is 5.83. The molecule has 0 aliphatic carbocycles. The molecule has 0 unspecified atom stereocenters. The van der Waals surface area contributed by atoms with Gasteiger partial charge in [0, 0.05) is 5.39 Å². The highest BCUT2D eigenvalue weighted by molar-refractivity contribution is 5.84. The highest BCUT2D eigenvalue weighted by Gasteiger charge is 2.04. The quantitative estimate of drug-likeness (QED) is 0.633. The molecule has 2 aromatic rings. The molecule has 1 N–H and O–H groups in total. The summed E-state index contributed by atoms with van der Waals surface area (Å²) in [6.07, 6.45) is 1.72. The summed E-state index contributed by atoms with van der Waals surface area (Å²) in [7, 11) is 0. The lowest BCUT2D eigenvalue weighted by atomic mass is 10.1. The maximum Gasteiger partial charge on any atom is 0.102 e. The predicted molar refractivity (Wildman–Crippen MR) is 45.5 cm³/mol. The van der Waals surface area contributed by atoms with Gasteiger partial charge in [0.1, 0.15) is 6.07 Å². The molecule has 3 heteroatoms. The van der Waals surface area contributed by atoms with Crippen LogP contribution in [0, 0.1) is 18.3 Å². The van der Waals surface area contributed by atoms with Crippen molar-refractivity contribution in [2.24, 2.45) is 0 Å². The molecule has 0 spiro atoms. The predicted octanol–water partition coefficient (Wildman–Crippen LogP) is 1.74. The van der Waals surface area contributed by atoms with Crippen molar-refractivity contribution < 1.29 is 0 Å². The molecule has 0 atom stereocenters. The number of aryl methyl sites for hydroxylation is 1. The van der Waals surface area contributed by atoms with Gasteiger partial charge in [-0.3, -0.25) is 5.10 Å². The van der Waals surface area contributed by atoms with E-state index in [0.717, 1.165) is 16.5 Å². The van der Waals surface area contributed by atoms with Crippen LogP contribution in [0.1, 0.15) is 11.1 Å². The zero-order chi connectivity index (χ0) is 8.55. The van der Waals surface area contributed by atoms with Gasteiger partial charge in [0.15, 0.2) is 0 Å². The van der Waals surface area contributed by atoms with E-state index in [4.69, 9.17) is 5.26 Å². The minimum absolute atomic E-state index is 0.685. The van der Waals surface area contributed by atoms with Crippen LogP contribution in [0.25, 0.3) is 10.9 Å². The summed E-state index contributed by atoms with van der Waals surface area (Å²) in [6.45, 7) is 1.92. The van der Waals surface area contributed by atoms with Gasteiger partial charge in [0.2, 0.25) is 0 Å². The Labute approximate surface area is 69.6 Å². The number of hydrogen-bond donors (Lipinski definition) is 1. The zero-order valence-corrected chi connectivity index (χ0v) is 6.63. The number of aromatic nitrogens is 2. The number of H-pyrrole nitrogens is 1. The summed E-state index contributed by atoms with van der Waals surface area (Å²) < 4.78 is 0. The number of fused-ring (bicyclic) bond motifs is 1. The molecule has 1 aromatic heterocycles. The lowest BCUT2D eigenvalue weighted by Crippen LogP contribution is -1.83. The van der Waals surface area contributed by atoms with Crippen molar-refractivity contribution in [3.63, 3.8) is 0 Å². The number of nitrogens with one attached hydrogen (secondary N) is 1. The number of hydrogen-bond acceptors (Lipinski definition) is 2. The Kier molecular flexibility index (Phi) is 1.34. The molecule has 0 saturated heterocycles. The molecule has 0 aliphatic rings. The highest BCUT2D eigenvalue weighted by atomic mass is 15.1. The monoisotopic (exact) mass is 157 g/mol. The van der Waals surface area contributed by atoms with Crippen LogP contribution in [0.3, 0.4) is 0 Å². The summed E-state index contributed by atoms with van der Waals surface area (Å²) in [5.41, 5.74) is 2.50. The summed E-state index contributed by atoms with van der Waals surface area (Å²) in [5, 5.41) is 16.5. The molecule has 0 fully saturated rings. The van der Waals surface area contributed by atoms with Gasteiger partial charge in [0.05, 0.1) is 17.3 Å². The standard InChI is InChI=1S/C9H7N3/c1-6-2-3-7-5-11-12-9(7)8(6)4-10/h2-3,5H,1H3,(H,11,12). The van der Waals surface area contributed by atoms with Gasteiger partial charge in [0.25, 0.3) is 0 Å². The van der Waals surface area contributed by atoms with Gasteiger partial charge in [-0.05, 0) is 12.5 Å². The first-order valence-electron chi connectivity index (χ1n) is 3.65. The SMILES string of the molecule is Cc1ccc2cn[nH]c2c1C#N. The second kappa shape index (κ2) is 2.35. The number of nitrogens with zero attached hydrogens (tertiary/aromatic N) is 2. The number of benzene rings is 1. The minimum Gasteiger partial charge on any atom is -0.276 e. The average Bonchev–Trinajstić information content (AvgIpc) is 2.52. The maximum absolute atomic E-state index is 8.84. The molecular weight excluding hydrogens is 150 g/mol. The van der Waals surface area contributed by atoms with Gasteiger partial charge in [-0.1, -0.05) is 12.1 Å². The van der Waals surface area contributed by atoms with E-state index in [-0.39, 0.29) is 0 Å². The molecule has 0 bridgehead atoms. The lowest BCUT2D eigenvalue weighted by molar-refractivity contribution is 1.12. The third kappa shape index (κ3) is 0.785. The van der Waals surface area contributed by atoms with Crippen molar-refractivity contribution in [2.75, 3.05) is 0 Å². The largest absolute Gasteiger partial charge is 0.276 e. The van der Waals surface area contributed by atoms with Crippen molar-refractivity contribution in [2.45, 2.75) is 6.92 Å². The molecule has 0 saturated carbocycles. The van der Waals surface area contributed by atoms with Crippen LogP contribution in [0.2, 0.25) is 0 Å². The van der Waals surface area contributed by atoms with Crippen molar-refractivity contribution in [3.8, 4) is 6.07 Å². The molecule has 0 radical (unpaired) electrons. The number of rotatable bonds is 0. The fourth-order valence-electron chi connectivity index (χ4n) is 1.26. The average molecular weight is 157 g/mol. The second-order valence-corrected chi connectivity index (χ2v) is 2.70. The summed E-state index contributed by atoms with van der Waals surface area (Å²) in [4.78, 5) is 0. The summed E-state index contributed by atoms with van der Waals surface area (Å²) >= 11 is 0. The molecule has 0 amide bonds. The van der Waals surface area contributed by atoms with Gasteiger partial charge in [-0.15, -0.1) is 0 Å². The second-order valence-electron chi connectivity index (χ2n) is 2.70. The summed E-state index contributed by atoms with van der Waals surface area (Å²) in [5.74, 6) is 0. The Bertz CT molecular complexity index is 462. The fourth-order valence-corrected chi connectivity index (χ4v) is 1.26. The molecule has 3 nitrogen and oxygen atoms in total. The first kappa shape index (κ1) is 6.86. The van der Waals surface area contributed by atoms with E-state index in [9.17, 15) is 0 Å². The van der Waals surface area contributed by atoms with E-state index >= 15 is 0 Å². The van der Waals surface area contributed by atoms with Gasteiger partial charge in [-0.25, -0.2) is 0 Å². The van der Waals surface area contributed by atoms with E-state index in [1.54, 1.807) is 6.20 Å². The smallest absolute Gasteiger partial charge is 0.102 e. The van der Waals surface area contributed by atoms with Crippen LogP contribution in [0.15, 0.2) is 18.3 Å². The maximum atomic E-state index is 8.84. The van der Waals surface area contributed by atoms with Crippen LogP contribution >= 0.6 is 0 Å². The van der Waals surface area contributed by atoms with E-state index in [1.165, 1.54) is 0 Å². The Morgan fingerprint density at radius 2 is 2.33 bits per heavy atom. The normalized spacial score (nSPS) is 10.0. The van der Waals surface area contributed by atoms with Crippen molar-refractivity contribution in [1.82, 2.24) is 10.2 Å². The summed E-state index contributed by atoms with van der Waals surface area (Å²) in [6, 6.07) is 6.03. The van der Waals surface area contributed by atoms with Crippen molar-refractivity contribution in [3.05, 3.63) is 29.5 Å². The Balaban J connectivity index is 2.94. The Hall–Kier alpha value is -1.82. The fraction of sp³-hybridized carbons (Fsp3) is 0.111. The van der Waals surface area contributed by atoms with Gasteiger partial charge < -0.3 is 0 Å². The third-order valence-corrected chi connectivity index (χ3v) is 1.94. The van der Waals surface area contributed by atoms with Crippen LogP contribution < -0.4 is 0 Å². The van der Waals surface area contributed by atoms with Crippen LogP contribution in [-0.4, -0.2) is 10.2 Å². The lowest BCUT2D eigenvalue weighted by Gasteiger charge is -1.96. The third-order valence-electron chi connectivity index (χ3n) is 1.94. The van der Waals surface area contributed by atoms with E-state index in [2.05, 4.69) is 16.3 Å². The molecule has 58 valence electrons. The van der Waals surface area contributed by atoms with E-state index in [1.807, 2.05) is 19.1 Å². The number of aromatic amines is 1. The molecular formula is C9H7N3. The van der Waals surface area contributed by atoms with Gasteiger partial charge >= 0.3 is 0 Å². The number of nitriles is 1. The van der Waals surface area contributed by atoms with Gasteiger partial charge in [-0.2, -0.15) is 10.4 Å². The molecule has 0 aliphatic heterocycles. The Morgan fingerprint density at radius 3 is 3.08 bits per heavy atom. The molecule has 2 rings (SSSR count). The highest BCUT2D eigenvalue weighted by Crippen LogP contribution is 2.18. The van der Waals surface area contributed by atoms with Crippen LogP contribution in [-0.2, 0) is 0 Å². The Morgan fingerprint density at radius 1 is 1.50 bits per heavy atom. The van der Waals surface area contributed by atoms with Crippen LogP contribution in [0.4, 0.5) is 0 Å². The zero-order valence-electron chi connectivity index (χ0n) is 6.63. The first-order valence-corrected chi connectivity index (χ1v) is 3.65. The molecule has 1 aromatic carbocycles. The molecule has 12 heavy (non-hydrogen) atoms. The van der Waals surface area contributed by atoms with Crippen molar-refractivity contribution in [1.29, 1.82) is 5.26 Å². The van der Waals surface area contributed by atoms with Crippen LogP contribution in [0.5, 0.6) is 0 Å². The molecule has 1 heterocycles. The van der Waals surface area contributed by atoms with E-state index in [0.29, 0.717) is 5.56 Å².